The van der Waals surface area contributed by atoms with Crippen molar-refractivity contribution in [3.05, 3.63) is 52.7 Å². The summed E-state index contributed by atoms with van der Waals surface area (Å²) in [5.41, 5.74) is 1.06. The van der Waals surface area contributed by atoms with Gasteiger partial charge in [0.05, 0.1) is 5.69 Å². The lowest BCUT2D eigenvalue weighted by atomic mass is 10.2. The molecule has 22 heavy (non-hydrogen) atoms. The normalized spacial score (nSPS) is 10.4. The van der Waals surface area contributed by atoms with Gasteiger partial charge in [-0.15, -0.1) is 0 Å². The van der Waals surface area contributed by atoms with E-state index in [1.54, 1.807) is 26.8 Å². The smallest absolute Gasteiger partial charge is 0.342 e. The van der Waals surface area contributed by atoms with Gasteiger partial charge in [-0.25, -0.2) is 9.18 Å². The maximum absolute atomic E-state index is 13.6. The Hall–Kier alpha value is -2.63. The number of carbonyl (C=O) groups is 2. The molecule has 5 nitrogen and oxygen atoms in total. The average Bonchev–Trinajstić information content (AvgIpc) is 2.78. The second kappa shape index (κ2) is 6.43. The molecule has 0 fully saturated rings. The Labute approximate surface area is 127 Å². The number of hydrogen-bond donors (Lipinski definition) is 1. The van der Waals surface area contributed by atoms with Gasteiger partial charge in [-0.2, -0.15) is 0 Å². The van der Waals surface area contributed by atoms with E-state index in [1.807, 2.05) is 0 Å². The third kappa shape index (κ3) is 3.72. The van der Waals surface area contributed by atoms with Crippen LogP contribution >= 0.6 is 0 Å². The predicted octanol–water partition coefficient (Wildman–Crippen LogP) is 3.14. The van der Waals surface area contributed by atoms with Crippen LogP contribution in [0.4, 0.5) is 10.1 Å². The number of aryl methyl sites for hydroxylation is 3. The first-order valence-electron chi connectivity index (χ1n) is 6.67. The molecule has 116 valence electrons. The van der Waals surface area contributed by atoms with Crippen molar-refractivity contribution in [2.24, 2.45) is 0 Å². The number of ether oxygens (including phenoxy) is 1. The molecule has 0 saturated carbocycles. The van der Waals surface area contributed by atoms with Crippen LogP contribution in [0.2, 0.25) is 0 Å². The third-order valence-corrected chi connectivity index (χ3v) is 2.99. The second-order valence-corrected chi connectivity index (χ2v) is 4.93. The number of rotatable bonds is 4. The van der Waals surface area contributed by atoms with Gasteiger partial charge < -0.3 is 14.5 Å². The number of esters is 1. The minimum absolute atomic E-state index is 0.0435. The molecule has 0 atom stereocenters. The zero-order valence-electron chi connectivity index (χ0n) is 12.5. The van der Waals surface area contributed by atoms with E-state index in [4.69, 9.17) is 9.15 Å². The zero-order chi connectivity index (χ0) is 16.3. The third-order valence-electron chi connectivity index (χ3n) is 2.99. The van der Waals surface area contributed by atoms with Crippen molar-refractivity contribution >= 4 is 17.6 Å². The first-order chi connectivity index (χ1) is 10.4. The molecule has 1 aromatic heterocycles. The van der Waals surface area contributed by atoms with E-state index >= 15 is 0 Å². The predicted molar refractivity (Wildman–Crippen MR) is 78.2 cm³/mol. The van der Waals surface area contributed by atoms with E-state index in [1.165, 1.54) is 18.2 Å². The van der Waals surface area contributed by atoms with Crippen molar-refractivity contribution < 1.29 is 23.1 Å². The molecule has 2 rings (SSSR count). The first-order valence-corrected chi connectivity index (χ1v) is 6.67. The number of amides is 1. The van der Waals surface area contributed by atoms with Gasteiger partial charge in [-0.1, -0.05) is 6.07 Å². The molecule has 0 spiro atoms. The maximum atomic E-state index is 13.6. The molecule has 0 radical (unpaired) electrons. The van der Waals surface area contributed by atoms with E-state index < -0.39 is 24.3 Å². The van der Waals surface area contributed by atoms with Gasteiger partial charge in [0.15, 0.2) is 6.61 Å². The molecular weight excluding hydrogens is 289 g/mol. The summed E-state index contributed by atoms with van der Waals surface area (Å²) < 4.78 is 23.7. The summed E-state index contributed by atoms with van der Waals surface area (Å²) in [6, 6.07) is 5.96. The van der Waals surface area contributed by atoms with Crippen LogP contribution < -0.4 is 5.32 Å². The minimum atomic E-state index is -0.658. The van der Waals surface area contributed by atoms with Crippen LogP contribution in [0.15, 0.2) is 28.7 Å². The lowest BCUT2D eigenvalue weighted by molar-refractivity contribution is -0.119. The number of hydrogen-bond acceptors (Lipinski definition) is 4. The van der Waals surface area contributed by atoms with E-state index in [9.17, 15) is 14.0 Å². The summed E-state index contributed by atoms with van der Waals surface area (Å²) in [7, 11) is 0. The molecule has 1 heterocycles. The second-order valence-electron chi connectivity index (χ2n) is 4.93. The Bertz CT molecular complexity index is 721. The van der Waals surface area contributed by atoms with Crippen molar-refractivity contribution in [3.8, 4) is 0 Å². The highest BCUT2D eigenvalue weighted by Gasteiger charge is 2.16. The van der Waals surface area contributed by atoms with Gasteiger partial charge in [0.25, 0.3) is 5.91 Å². The number of halogens is 1. The molecule has 0 aliphatic heterocycles. The number of benzene rings is 1. The summed E-state index contributed by atoms with van der Waals surface area (Å²) >= 11 is 0. The summed E-state index contributed by atoms with van der Waals surface area (Å²) in [5, 5.41) is 2.35. The number of nitrogens with one attached hydrogen (secondary N) is 1. The number of carbonyl (C=O) groups excluding carboxylic acids is 2. The van der Waals surface area contributed by atoms with Crippen LogP contribution in [0.3, 0.4) is 0 Å². The molecule has 1 amide bonds. The van der Waals surface area contributed by atoms with E-state index in [0.717, 1.165) is 5.56 Å². The molecule has 0 aliphatic rings. The molecule has 1 N–H and O–H groups in total. The SMILES string of the molecule is Cc1ccc(NC(=O)COC(=O)c2cc(C)oc2C)c(F)c1. The fraction of sp³-hybridized carbons (Fsp3) is 0.250. The fourth-order valence-corrected chi connectivity index (χ4v) is 1.95. The van der Waals surface area contributed by atoms with E-state index in [2.05, 4.69) is 5.32 Å². The Morgan fingerprint density at radius 3 is 2.55 bits per heavy atom. The van der Waals surface area contributed by atoms with Crippen LogP contribution in [0.1, 0.15) is 27.4 Å². The highest BCUT2D eigenvalue weighted by atomic mass is 19.1. The Morgan fingerprint density at radius 1 is 1.23 bits per heavy atom. The first kappa shape index (κ1) is 15.8. The van der Waals surface area contributed by atoms with Gasteiger partial charge in [-0.3, -0.25) is 4.79 Å². The molecule has 1 aromatic carbocycles. The van der Waals surface area contributed by atoms with Crippen LogP contribution in [0.25, 0.3) is 0 Å². The molecule has 0 saturated heterocycles. The zero-order valence-corrected chi connectivity index (χ0v) is 12.5. The van der Waals surface area contributed by atoms with Crippen LogP contribution in [-0.4, -0.2) is 18.5 Å². The highest BCUT2D eigenvalue weighted by Crippen LogP contribution is 2.16. The van der Waals surface area contributed by atoms with Crippen LogP contribution in [-0.2, 0) is 9.53 Å². The molecule has 0 bridgehead atoms. The lowest BCUT2D eigenvalue weighted by Gasteiger charge is -2.07. The summed E-state index contributed by atoms with van der Waals surface area (Å²) in [6.07, 6.45) is 0. The van der Waals surface area contributed by atoms with Crippen molar-refractivity contribution in [3.63, 3.8) is 0 Å². The summed E-state index contributed by atoms with van der Waals surface area (Å²) in [5.74, 6) is -0.813. The monoisotopic (exact) mass is 305 g/mol. The lowest BCUT2D eigenvalue weighted by Crippen LogP contribution is -2.21. The molecule has 2 aromatic rings. The molecule has 0 aliphatic carbocycles. The summed E-state index contributed by atoms with van der Waals surface area (Å²) in [6.45, 7) is 4.57. The van der Waals surface area contributed by atoms with Crippen molar-refractivity contribution in [2.75, 3.05) is 11.9 Å². The highest BCUT2D eigenvalue weighted by molar-refractivity contribution is 5.96. The minimum Gasteiger partial charge on any atom is -0.466 e. The van der Waals surface area contributed by atoms with Crippen molar-refractivity contribution in [2.45, 2.75) is 20.8 Å². The largest absolute Gasteiger partial charge is 0.466 e. The van der Waals surface area contributed by atoms with Gasteiger partial charge >= 0.3 is 5.97 Å². The Kier molecular flexibility index (Phi) is 4.60. The molecule has 0 unspecified atom stereocenters. The van der Waals surface area contributed by atoms with Crippen molar-refractivity contribution in [1.82, 2.24) is 0 Å². The van der Waals surface area contributed by atoms with Crippen LogP contribution in [0, 0.1) is 26.6 Å². The van der Waals surface area contributed by atoms with Crippen molar-refractivity contribution in [1.29, 1.82) is 0 Å². The van der Waals surface area contributed by atoms with E-state index in [0.29, 0.717) is 11.5 Å². The Balaban J connectivity index is 1.92. The number of anilines is 1. The topological polar surface area (TPSA) is 68.5 Å². The molecule has 6 heteroatoms. The quantitative estimate of drug-likeness (QED) is 0.881. The van der Waals surface area contributed by atoms with Crippen LogP contribution in [0.5, 0.6) is 0 Å². The van der Waals surface area contributed by atoms with Gasteiger partial charge in [0, 0.05) is 0 Å². The average molecular weight is 305 g/mol. The fourth-order valence-electron chi connectivity index (χ4n) is 1.95. The molecular formula is C16H16FNO4. The number of furan rings is 1. The summed E-state index contributed by atoms with van der Waals surface area (Å²) in [4.78, 5) is 23.5. The Morgan fingerprint density at radius 2 is 1.95 bits per heavy atom. The van der Waals surface area contributed by atoms with E-state index in [-0.39, 0.29) is 11.3 Å². The standard InChI is InChI=1S/C16H16FNO4/c1-9-4-5-14(13(17)6-9)18-15(19)8-21-16(20)12-7-10(2)22-11(12)3/h4-7H,8H2,1-3H3,(H,18,19). The van der Waals surface area contributed by atoms with Gasteiger partial charge in [0.2, 0.25) is 0 Å². The van der Waals surface area contributed by atoms with Gasteiger partial charge in [-0.05, 0) is 44.5 Å². The van der Waals surface area contributed by atoms with Gasteiger partial charge in [0.1, 0.15) is 22.9 Å². The maximum Gasteiger partial charge on any atom is 0.342 e.